The molecule has 6 heteroatoms. The molecule has 0 radical (unpaired) electrons. The van der Waals surface area contributed by atoms with E-state index in [4.69, 9.17) is 11.6 Å². The number of aromatic nitrogens is 3. The molecule has 120 valence electrons. The third-order valence-electron chi connectivity index (χ3n) is 5.00. The molecule has 0 aliphatic carbocycles. The molecule has 3 heterocycles. The van der Waals surface area contributed by atoms with E-state index in [1.807, 2.05) is 12.1 Å². The van der Waals surface area contributed by atoms with Crippen molar-refractivity contribution in [1.82, 2.24) is 20.5 Å². The van der Waals surface area contributed by atoms with Crippen LogP contribution in [0.1, 0.15) is 31.4 Å². The van der Waals surface area contributed by atoms with E-state index in [1.54, 1.807) is 6.07 Å². The molecule has 1 aliphatic rings. The van der Waals surface area contributed by atoms with Crippen molar-refractivity contribution < 1.29 is 0 Å². The highest BCUT2D eigenvalue weighted by atomic mass is 35.5. The van der Waals surface area contributed by atoms with E-state index in [2.05, 4.69) is 27.4 Å². The largest absolute Gasteiger partial charge is 0.321 e. The van der Waals surface area contributed by atoms with Crippen LogP contribution in [0.15, 0.2) is 23.0 Å². The van der Waals surface area contributed by atoms with Crippen molar-refractivity contribution in [2.24, 2.45) is 5.92 Å². The molecule has 3 aromatic rings. The smallest absolute Gasteiger partial charge is 0.259 e. The molecule has 1 unspecified atom stereocenters. The Kier molecular flexibility index (Phi) is 3.62. The molecule has 1 aliphatic heterocycles. The lowest BCUT2D eigenvalue weighted by Gasteiger charge is -2.27. The summed E-state index contributed by atoms with van der Waals surface area (Å²) in [6.45, 7) is 4.24. The maximum Gasteiger partial charge on any atom is 0.259 e. The van der Waals surface area contributed by atoms with Gasteiger partial charge in [-0.2, -0.15) is 5.10 Å². The third-order valence-corrected chi connectivity index (χ3v) is 5.24. The highest BCUT2D eigenvalue weighted by Crippen LogP contribution is 2.32. The summed E-state index contributed by atoms with van der Waals surface area (Å²) in [7, 11) is 0. The van der Waals surface area contributed by atoms with E-state index in [0.717, 1.165) is 29.7 Å². The van der Waals surface area contributed by atoms with Gasteiger partial charge in [0.2, 0.25) is 0 Å². The fourth-order valence-electron chi connectivity index (χ4n) is 3.66. The van der Waals surface area contributed by atoms with Gasteiger partial charge in [-0.25, -0.2) is 0 Å². The van der Waals surface area contributed by atoms with Gasteiger partial charge in [0.1, 0.15) is 5.52 Å². The van der Waals surface area contributed by atoms with Crippen LogP contribution >= 0.6 is 11.6 Å². The first kappa shape index (κ1) is 14.7. The predicted molar refractivity (Wildman–Crippen MR) is 93.2 cm³/mol. The molecule has 2 aromatic heterocycles. The fraction of sp³-hybridized carbons (Fsp3) is 0.412. The quantitative estimate of drug-likeness (QED) is 0.675. The number of pyridine rings is 1. The Hall–Kier alpha value is -1.85. The molecule has 0 amide bonds. The van der Waals surface area contributed by atoms with Crippen LogP contribution in [0.2, 0.25) is 5.02 Å². The molecule has 2 atom stereocenters. The second-order valence-electron chi connectivity index (χ2n) is 6.40. The normalized spacial score (nSPS) is 20.2. The maximum absolute atomic E-state index is 12.6. The van der Waals surface area contributed by atoms with Gasteiger partial charge in [0.05, 0.1) is 16.6 Å². The number of piperidine rings is 1. The van der Waals surface area contributed by atoms with Gasteiger partial charge in [0, 0.05) is 16.3 Å². The first-order valence-electron chi connectivity index (χ1n) is 8.05. The zero-order valence-electron chi connectivity index (χ0n) is 12.9. The van der Waals surface area contributed by atoms with Crippen molar-refractivity contribution in [3.63, 3.8) is 0 Å². The van der Waals surface area contributed by atoms with Gasteiger partial charge in [-0.1, -0.05) is 18.5 Å². The molecule has 0 bridgehead atoms. The zero-order valence-corrected chi connectivity index (χ0v) is 13.7. The Morgan fingerprint density at radius 2 is 2.26 bits per heavy atom. The van der Waals surface area contributed by atoms with Crippen molar-refractivity contribution in [2.45, 2.75) is 25.7 Å². The molecular weight excluding hydrogens is 312 g/mol. The number of hydrogen-bond acceptors (Lipinski definition) is 3. The van der Waals surface area contributed by atoms with Gasteiger partial charge in [0.15, 0.2) is 0 Å². The first-order chi connectivity index (χ1) is 11.1. The summed E-state index contributed by atoms with van der Waals surface area (Å²) in [4.78, 5) is 15.5. The third kappa shape index (κ3) is 2.44. The van der Waals surface area contributed by atoms with Crippen LogP contribution in [0.3, 0.4) is 0 Å². The summed E-state index contributed by atoms with van der Waals surface area (Å²) in [5.41, 5.74) is 2.31. The number of rotatable bonds is 2. The number of halogens is 1. The number of H-pyrrole nitrogens is 2. The van der Waals surface area contributed by atoms with Crippen LogP contribution < -0.4 is 10.9 Å². The van der Waals surface area contributed by atoms with Gasteiger partial charge in [-0.3, -0.25) is 9.89 Å². The number of fused-ring (bicyclic) bond motifs is 3. The van der Waals surface area contributed by atoms with Crippen LogP contribution in [-0.2, 0) is 0 Å². The van der Waals surface area contributed by atoms with Crippen molar-refractivity contribution in [1.29, 1.82) is 0 Å². The Balaban J connectivity index is 1.90. The molecule has 1 fully saturated rings. The molecule has 4 rings (SSSR count). The number of nitrogens with zero attached hydrogens (tertiary/aromatic N) is 1. The maximum atomic E-state index is 12.6. The monoisotopic (exact) mass is 330 g/mol. The number of hydrogen-bond donors (Lipinski definition) is 3. The Morgan fingerprint density at radius 3 is 3.04 bits per heavy atom. The predicted octanol–water partition coefficient (Wildman–Crippen LogP) is 3.16. The van der Waals surface area contributed by atoms with Crippen molar-refractivity contribution in [3.05, 3.63) is 39.3 Å². The van der Waals surface area contributed by atoms with Crippen LogP contribution in [0.5, 0.6) is 0 Å². The zero-order chi connectivity index (χ0) is 16.0. The average Bonchev–Trinajstić information content (AvgIpc) is 3.02. The summed E-state index contributed by atoms with van der Waals surface area (Å²) in [6, 6.07) is 5.45. The van der Waals surface area contributed by atoms with Crippen molar-refractivity contribution in [2.75, 3.05) is 13.1 Å². The van der Waals surface area contributed by atoms with E-state index < -0.39 is 0 Å². The summed E-state index contributed by atoms with van der Waals surface area (Å²) in [5, 5.41) is 13.2. The summed E-state index contributed by atoms with van der Waals surface area (Å²) >= 11 is 6.11. The van der Waals surface area contributed by atoms with Gasteiger partial charge in [0.25, 0.3) is 5.56 Å². The molecule has 5 nitrogen and oxygen atoms in total. The fourth-order valence-corrected chi connectivity index (χ4v) is 3.83. The number of aromatic amines is 2. The van der Waals surface area contributed by atoms with E-state index in [1.165, 1.54) is 12.8 Å². The Labute approximate surface area is 138 Å². The topological polar surface area (TPSA) is 73.6 Å². The van der Waals surface area contributed by atoms with E-state index >= 15 is 0 Å². The summed E-state index contributed by atoms with van der Waals surface area (Å²) in [6.07, 6.45) is 2.35. The second-order valence-corrected chi connectivity index (χ2v) is 6.84. The van der Waals surface area contributed by atoms with Gasteiger partial charge in [-0.15, -0.1) is 0 Å². The SMILES string of the molecule is C[C@@H](c1[nH]nc2c1c(=O)[nH]c1ccc(Cl)cc12)C1CCCNC1. The van der Waals surface area contributed by atoms with Crippen molar-refractivity contribution >= 4 is 33.4 Å². The summed E-state index contributed by atoms with van der Waals surface area (Å²) < 4.78 is 0. The highest BCUT2D eigenvalue weighted by molar-refractivity contribution is 6.31. The highest BCUT2D eigenvalue weighted by Gasteiger charge is 2.26. The first-order valence-corrected chi connectivity index (χ1v) is 8.43. The van der Waals surface area contributed by atoms with Gasteiger partial charge < -0.3 is 10.3 Å². The molecular formula is C17H19ClN4O. The molecule has 0 spiro atoms. The Bertz CT molecular complexity index is 923. The van der Waals surface area contributed by atoms with Crippen molar-refractivity contribution in [3.8, 4) is 0 Å². The molecule has 3 N–H and O–H groups in total. The van der Waals surface area contributed by atoms with E-state index in [0.29, 0.717) is 21.8 Å². The Morgan fingerprint density at radius 1 is 1.39 bits per heavy atom. The standard InChI is InChI=1S/C17H19ClN4O/c1-9(10-3-2-6-19-8-10)15-14-16(22-21-15)12-7-11(18)4-5-13(12)20-17(14)23/h4-5,7,9-10,19H,2-3,6,8H2,1H3,(H,20,23)(H,21,22)/t9-,10?/m1/s1. The second kappa shape index (κ2) is 5.65. The summed E-state index contributed by atoms with van der Waals surface area (Å²) in [5.74, 6) is 0.771. The molecule has 1 aromatic carbocycles. The van der Waals surface area contributed by atoms with Gasteiger partial charge >= 0.3 is 0 Å². The number of nitrogens with one attached hydrogen (secondary N) is 3. The lowest BCUT2D eigenvalue weighted by atomic mass is 9.84. The van der Waals surface area contributed by atoms with Crippen LogP contribution in [0, 0.1) is 5.92 Å². The van der Waals surface area contributed by atoms with Crippen LogP contribution in [-0.4, -0.2) is 28.3 Å². The molecule has 1 saturated heterocycles. The van der Waals surface area contributed by atoms with E-state index in [9.17, 15) is 4.79 Å². The molecule has 0 saturated carbocycles. The van der Waals surface area contributed by atoms with Crippen LogP contribution in [0.4, 0.5) is 0 Å². The number of benzene rings is 1. The average molecular weight is 331 g/mol. The van der Waals surface area contributed by atoms with Crippen LogP contribution in [0.25, 0.3) is 21.8 Å². The van der Waals surface area contributed by atoms with E-state index in [-0.39, 0.29) is 11.5 Å². The molecule has 23 heavy (non-hydrogen) atoms. The minimum absolute atomic E-state index is 0.0887. The lowest BCUT2D eigenvalue weighted by molar-refractivity contribution is 0.332. The minimum atomic E-state index is -0.0887. The minimum Gasteiger partial charge on any atom is -0.321 e. The van der Waals surface area contributed by atoms with Gasteiger partial charge in [-0.05, 0) is 50.0 Å². The lowest BCUT2D eigenvalue weighted by Crippen LogP contribution is -2.32.